The number of nitrogens with one attached hydrogen (secondary N) is 3. The molecule has 1 aromatic heterocycles. The number of rotatable bonds is 7. The van der Waals surface area contributed by atoms with Crippen molar-refractivity contribution < 1.29 is 4.79 Å². The van der Waals surface area contributed by atoms with Crippen LogP contribution in [0.25, 0.3) is 0 Å². The number of aromatic nitrogens is 2. The third-order valence-electron chi connectivity index (χ3n) is 2.80. The van der Waals surface area contributed by atoms with Crippen molar-refractivity contribution in [1.82, 2.24) is 15.3 Å². The molecule has 20 heavy (non-hydrogen) atoms. The lowest BCUT2D eigenvalue weighted by atomic mass is 10.2. The van der Waals surface area contributed by atoms with E-state index < -0.39 is 0 Å². The zero-order valence-electron chi connectivity index (χ0n) is 12.9. The summed E-state index contributed by atoms with van der Waals surface area (Å²) >= 11 is 0. The van der Waals surface area contributed by atoms with E-state index in [9.17, 15) is 4.79 Å². The number of carbonyl (C=O) groups is 1. The zero-order chi connectivity index (χ0) is 15.1. The van der Waals surface area contributed by atoms with Crippen LogP contribution >= 0.6 is 0 Å². The maximum atomic E-state index is 11.9. The largest absolute Gasteiger partial charge is 0.370 e. The number of carbonyl (C=O) groups excluding carboxylic acids is 1. The van der Waals surface area contributed by atoms with Crippen LogP contribution < -0.4 is 16.0 Å². The lowest BCUT2D eigenvalue weighted by molar-refractivity contribution is -0.122. The second-order valence-corrected chi connectivity index (χ2v) is 5.15. The molecule has 6 nitrogen and oxygen atoms in total. The summed E-state index contributed by atoms with van der Waals surface area (Å²) in [5.74, 6) is 1.45. The van der Waals surface area contributed by atoms with Crippen LogP contribution in [0.15, 0.2) is 6.33 Å². The molecule has 0 aromatic carbocycles. The van der Waals surface area contributed by atoms with Gasteiger partial charge in [-0.3, -0.25) is 4.79 Å². The van der Waals surface area contributed by atoms with Crippen LogP contribution in [-0.2, 0) is 4.79 Å². The molecule has 0 fully saturated rings. The van der Waals surface area contributed by atoms with Gasteiger partial charge in [0.15, 0.2) is 0 Å². The van der Waals surface area contributed by atoms with E-state index in [1.807, 2.05) is 27.7 Å². The first-order valence-electron chi connectivity index (χ1n) is 7.08. The molecule has 1 rings (SSSR count). The molecule has 6 heteroatoms. The first-order valence-corrected chi connectivity index (χ1v) is 7.08. The summed E-state index contributed by atoms with van der Waals surface area (Å²) in [6, 6.07) is -0.218. The Labute approximate surface area is 120 Å². The molecule has 0 aliphatic rings. The van der Waals surface area contributed by atoms with Gasteiger partial charge in [0.2, 0.25) is 5.91 Å². The summed E-state index contributed by atoms with van der Waals surface area (Å²) in [6.07, 6.45) is 2.53. The summed E-state index contributed by atoms with van der Waals surface area (Å²) in [7, 11) is 0. The Bertz CT molecular complexity index is 447. The van der Waals surface area contributed by atoms with Crippen molar-refractivity contribution in [2.24, 2.45) is 0 Å². The predicted molar refractivity (Wildman–Crippen MR) is 81.9 cm³/mol. The van der Waals surface area contributed by atoms with Gasteiger partial charge in [0, 0.05) is 18.2 Å². The number of nitrogens with zero attached hydrogens (tertiary/aromatic N) is 2. The van der Waals surface area contributed by atoms with Crippen LogP contribution in [-0.4, -0.2) is 34.5 Å². The topological polar surface area (TPSA) is 78.9 Å². The van der Waals surface area contributed by atoms with Gasteiger partial charge in [-0.15, -0.1) is 0 Å². The number of anilines is 2. The third-order valence-corrected chi connectivity index (χ3v) is 2.80. The molecule has 0 saturated heterocycles. The Balaban J connectivity index is 2.74. The van der Waals surface area contributed by atoms with Crippen molar-refractivity contribution in [3.63, 3.8) is 0 Å². The van der Waals surface area contributed by atoms with Crippen LogP contribution in [0.4, 0.5) is 11.6 Å². The average Bonchev–Trinajstić information content (AvgIpc) is 2.39. The number of amides is 1. The summed E-state index contributed by atoms with van der Waals surface area (Å²) in [5.41, 5.74) is 0.921. The van der Waals surface area contributed by atoms with Gasteiger partial charge in [-0.1, -0.05) is 6.92 Å². The molecule has 0 aliphatic carbocycles. The van der Waals surface area contributed by atoms with E-state index in [0.29, 0.717) is 5.82 Å². The van der Waals surface area contributed by atoms with Gasteiger partial charge in [0.05, 0.1) is 0 Å². The number of hydrogen-bond acceptors (Lipinski definition) is 5. The molecule has 1 atom stereocenters. The van der Waals surface area contributed by atoms with Gasteiger partial charge >= 0.3 is 0 Å². The van der Waals surface area contributed by atoms with Gasteiger partial charge in [0.25, 0.3) is 0 Å². The van der Waals surface area contributed by atoms with E-state index in [4.69, 9.17) is 0 Å². The molecule has 112 valence electrons. The van der Waals surface area contributed by atoms with Crippen LogP contribution in [0.3, 0.4) is 0 Å². The maximum Gasteiger partial charge on any atom is 0.242 e. The van der Waals surface area contributed by atoms with Crippen molar-refractivity contribution in [3.05, 3.63) is 11.9 Å². The van der Waals surface area contributed by atoms with Crippen molar-refractivity contribution in [1.29, 1.82) is 0 Å². The Morgan fingerprint density at radius 2 is 1.90 bits per heavy atom. The molecule has 3 N–H and O–H groups in total. The molecule has 0 aliphatic heterocycles. The van der Waals surface area contributed by atoms with Gasteiger partial charge in [-0.2, -0.15) is 0 Å². The van der Waals surface area contributed by atoms with E-state index in [1.165, 1.54) is 6.33 Å². The van der Waals surface area contributed by atoms with E-state index >= 15 is 0 Å². The molecular weight excluding hydrogens is 254 g/mol. The molecule has 1 aromatic rings. The highest BCUT2D eigenvalue weighted by Gasteiger charge is 2.16. The SMILES string of the molecule is CCCNc1ncnc(NC(C)C(=O)NC(C)C)c1C. The Hall–Kier alpha value is -1.85. The zero-order valence-corrected chi connectivity index (χ0v) is 12.9. The monoisotopic (exact) mass is 279 g/mol. The minimum atomic E-state index is -0.343. The van der Waals surface area contributed by atoms with Crippen molar-refractivity contribution >= 4 is 17.5 Å². The highest BCUT2D eigenvalue weighted by atomic mass is 16.2. The summed E-state index contributed by atoms with van der Waals surface area (Å²) in [5, 5.41) is 9.25. The summed E-state index contributed by atoms with van der Waals surface area (Å²) in [6.45, 7) is 10.6. The molecule has 1 heterocycles. The summed E-state index contributed by atoms with van der Waals surface area (Å²) in [4.78, 5) is 20.3. The van der Waals surface area contributed by atoms with E-state index in [0.717, 1.165) is 24.3 Å². The smallest absolute Gasteiger partial charge is 0.242 e. The summed E-state index contributed by atoms with van der Waals surface area (Å²) < 4.78 is 0. The molecule has 0 bridgehead atoms. The molecule has 1 unspecified atom stereocenters. The van der Waals surface area contributed by atoms with Gasteiger partial charge < -0.3 is 16.0 Å². The standard InChI is InChI=1S/C14H25N5O/c1-6-7-15-12-10(4)13(17-8-16-12)19-11(5)14(20)18-9(2)3/h8-9,11H,6-7H2,1-5H3,(H,18,20)(H2,15,16,17,19). The Morgan fingerprint density at radius 1 is 1.25 bits per heavy atom. The lowest BCUT2D eigenvalue weighted by Gasteiger charge is -2.18. The Kier molecular flexibility index (Phi) is 6.21. The quantitative estimate of drug-likeness (QED) is 0.711. The molecular formula is C14H25N5O. The van der Waals surface area contributed by atoms with Crippen LogP contribution in [0.5, 0.6) is 0 Å². The van der Waals surface area contributed by atoms with Crippen molar-refractivity contribution in [3.8, 4) is 0 Å². The second kappa shape index (κ2) is 7.67. The van der Waals surface area contributed by atoms with E-state index in [-0.39, 0.29) is 18.0 Å². The fourth-order valence-corrected chi connectivity index (χ4v) is 1.70. The van der Waals surface area contributed by atoms with Crippen LogP contribution in [0, 0.1) is 6.92 Å². The van der Waals surface area contributed by atoms with Crippen molar-refractivity contribution in [2.45, 2.75) is 53.1 Å². The Morgan fingerprint density at radius 3 is 2.50 bits per heavy atom. The minimum Gasteiger partial charge on any atom is -0.370 e. The maximum absolute atomic E-state index is 11.9. The van der Waals surface area contributed by atoms with Gasteiger partial charge in [-0.05, 0) is 34.1 Å². The highest BCUT2D eigenvalue weighted by Crippen LogP contribution is 2.18. The second-order valence-electron chi connectivity index (χ2n) is 5.15. The van der Waals surface area contributed by atoms with E-state index in [2.05, 4.69) is 32.8 Å². The third kappa shape index (κ3) is 4.68. The fourth-order valence-electron chi connectivity index (χ4n) is 1.70. The van der Waals surface area contributed by atoms with E-state index in [1.54, 1.807) is 0 Å². The molecule has 0 spiro atoms. The van der Waals surface area contributed by atoms with Crippen molar-refractivity contribution in [2.75, 3.05) is 17.2 Å². The first-order chi connectivity index (χ1) is 9.45. The van der Waals surface area contributed by atoms with Crippen LogP contribution in [0.2, 0.25) is 0 Å². The molecule has 1 amide bonds. The molecule has 0 radical (unpaired) electrons. The minimum absolute atomic E-state index is 0.0407. The average molecular weight is 279 g/mol. The van der Waals surface area contributed by atoms with Gasteiger partial charge in [-0.25, -0.2) is 9.97 Å². The predicted octanol–water partition coefficient (Wildman–Crippen LogP) is 1.93. The number of hydrogen-bond donors (Lipinski definition) is 3. The lowest BCUT2D eigenvalue weighted by Crippen LogP contribution is -2.41. The van der Waals surface area contributed by atoms with Crippen LogP contribution in [0.1, 0.15) is 39.7 Å². The van der Waals surface area contributed by atoms with Gasteiger partial charge in [0.1, 0.15) is 24.0 Å². The normalized spacial score (nSPS) is 12.1. The fraction of sp³-hybridized carbons (Fsp3) is 0.643. The highest BCUT2D eigenvalue weighted by molar-refractivity contribution is 5.84. The first kappa shape index (κ1) is 16.2. The molecule has 0 saturated carbocycles.